The summed E-state index contributed by atoms with van der Waals surface area (Å²) in [6.45, 7) is 28.0. The van der Waals surface area contributed by atoms with E-state index < -0.39 is 0 Å². The van der Waals surface area contributed by atoms with Crippen molar-refractivity contribution in [3.63, 3.8) is 0 Å². The van der Waals surface area contributed by atoms with Crippen LogP contribution >= 0.6 is 0 Å². The molecular formula is C68H66N2. The molecule has 2 nitrogen and oxygen atoms in total. The average molecular weight is 911 g/mol. The van der Waals surface area contributed by atoms with Gasteiger partial charge >= 0.3 is 0 Å². The van der Waals surface area contributed by atoms with Gasteiger partial charge in [-0.1, -0.05) is 223 Å². The molecule has 0 spiro atoms. The summed E-state index contributed by atoms with van der Waals surface area (Å²) < 4.78 is 2.47. The molecule has 0 bridgehead atoms. The molecule has 0 atom stereocenters. The molecule has 0 aliphatic heterocycles. The number of anilines is 3. The van der Waals surface area contributed by atoms with Crippen LogP contribution in [0, 0.1) is 0 Å². The van der Waals surface area contributed by atoms with E-state index >= 15 is 0 Å². The number of benzene rings is 10. The Labute approximate surface area is 415 Å². The number of fused-ring (bicyclic) bond motifs is 3. The zero-order valence-electron chi connectivity index (χ0n) is 43.2. The summed E-state index contributed by atoms with van der Waals surface area (Å²) >= 11 is 0. The third-order valence-corrected chi connectivity index (χ3v) is 14.9. The van der Waals surface area contributed by atoms with Gasteiger partial charge in [0.1, 0.15) is 0 Å². The Hall–Kier alpha value is -7.16. The smallest absolute Gasteiger partial charge is 0.0541 e. The molecule has 0 aliphatic carbocycles. The summed E-state index contributed by atoms with van der Waals surface area (Å²) in [6.07, 6.45) is 0. The van der Waals surface area contributed by atoms with E-state index in [2.05, 4.69) is 275 Å². The van der Waals surface area contributed by atoms with Crippen molar-refractivity contribution >= 4 is 71.2 Å². The first-order chi connectivity index (χ1) is 33.2. The standard InChI is InChI=1S/C68H66N2/c1-65(2,3)48-36-46(37-49(41-48)66(4,5)6)45-20-19-21-52(40-45)69(58-25-16-13-22-53(58)47-38-50(67(7,8)9)42-51(39-47)68(10,11)12)61-34-30-43-29-33-57-62(35-31-44-28-32-56(61)63(43)64(44)57)70-59-26-17-14-23-54(59)55-24-15-18-27-60(55)70/h13-42H,1-12H3. The quantitative estimate of drug-likeness (QED) is 0.151. The van der Waals surface area contributed by atoms with Gasteiger partial charge in [0.15, 0.2) is 0 Å². The SMILES string of the molecule is CC(C)(C)c1cc(-c2cccc(N(c3ccccc3-c3cc(C(C)(C)C)cc(C(C)(C)C)c3)c3ccc4ccc5c(-n6c7ccccc7c7ccccc76)ccc6ccc3c4c65)c2)cc(C(C)(C)C)c1. The Morgan fingerprint density at radius 1 is 0.329 bits per heavy atom. The largest absolute Gasteiger partial charge is 0.309 e. The lowest BCUT2D eigenvalue weighted by molar-refractivity contribution is 0.568. The molecule has 0 aliphatic rings. The van der Waals surface area contributed by atoms with Crippen molar-refractivity contribution in [1.82, 2.24) is 4.57 Å². The van der Waals surface area contributed by atoms with E-state index in [0.29, 0.717) is 0 Å². The summed E-state index contributed by atoms with van der Waals surface area (Å²) in [6, 6.07) is 69.4. The van der Waals surface area contributed by atoms with Gasteiger partial charge in [-0.3, -0.25) is 0 Å². The molecule has 0 radical (unpaired) electrons. The van der Waals surface area contributed by atoms with Crippen molar-refractivity contribution in [3.05, 3.63) is 204 Å². The highest BCUT2D eigenvalue weighted by Crippen LogP contribution is 2.49. The maximum absolute atomic E-state index is 2.55. The first kappa shape index (κ1) is 45.3. The first-order valence-corrected chi connectivity index (χ1v) is 25.3. The van der Waals surface area contributed by atoms with Crippen LogP contribution in [0.5, 0.6) is 0 Å². The summed E-state index contributed by atoms with van der Waals surface area (Å²) in [5, 5.41) is 10.1. The number of para-hydroxylation sites is 3. The highest BCUT2D eigenvalue weighted by molar-refractivity contribution is 6.27. The Balaban J connectivity index is 1.20. The molecular weight excluding hydrogens is 845 g/mol. The number of nitrogens with zero attached hydrogens (tertiary/aromatic N) is 2. The lowest BCUT2D eigenvalue weighted by Gasteiger charge is -2.31. The second-order valence-electron chi connectivity index (χ2n) is 24.0. The van der Waals surface area contributed by atoms with Crippen LogP contribution in [0.1, 0.15) is 105 Å². The van der Waals surface area contributed by atoms with Gasteiger partial charge in [-0.05, 0) is 125 Å². The fraction of sp³-hybridized carbons (Fsp3) is 0.235. The molecule has 10 aromatic carbocycles. The highest BCUT2D eigenvalue weighted by Gasteiger charge is 2.27. The second kappa shape index (κ2) is 16.2. The maximum atomic E-state index is 2.55. The van der Waals surface area contributed by atoms with Crippen molar-refractivity contribution in [2.24, 2.45) is 0 Å². The van der Waals surface area contributed by atoms with E-state index in [1.807, 2.05) is 0 Å². The van der Waals surface area contributed by atoms with Gasteiger partial charge < -0.3 is 9.47 Å². The third-order valence-electron chi connectivity index (χ3n) is 14.9. The van der Waals surface area contributed by atoms with Gasteiger partial charge in [-0.25, -0.2) is 0 Å². The maximum Gasteiger partial charge on any atom is 0.0541 e. The Kier molecular flexibility index (Phi) is 10.5. The fourth-order valence-electron chi connectivity index (χ4n) is 10.8. The molecule has 0 amide bonds. The molecule has 0 N–H and O–H groups in total. The first-order valence-electron chi connectivity index (χ1n) is 25.3. The normalized spacial score (nSPS) is 12.9. The average Bonchev–Trinajstić information content (AvgIpc) is 3.66. The van der Waals surface area contributed by atoms with E-state index in [4.69, 9.17) is 0 Å². The van der Waals surface area contributed by atoms with Crippen LogP contribution in [-0.2, 0) is 21.7 Å². The molecule has 0 unspecified atom stereocenters. The van der Waals surface area contributed by atoms with Crippen molar-refractivity contribution in [2.45, 2.75) is 105 Å². The lowest BCUT2D eigenvalue weighted by atomic mass is 9.78. The van der Waals surface area contributed by atoms with Crippen molar-refractivity contribution in [3.8, 4) is 27.9 Å². The lowest BCUT2D eigenvalue weighted by Crippen LogP contribution is -2.17. The van der Waals surface area contributed by atoms with Crippen molar-refractivity contribution in [1.29, 1.82) is 0 Å². The fourth-order valence-corrected chi connectivity index (χ4v) is 10.8. The summed E-state index contributed by atoms with van der Waals surface area (Å²) in [4.78, 5) is 2.55. The van der Waals surface area contributed by atoms with Crippen LogP contribution in [0.15, 0.2) is 182 Å². The zero-order chi connectivity index (χ0) is 49.1. The molecule has 0 fully saturated rings. The second-order valence-corrected chi connectivity index (χ2v) is 24.0. The molecule has 2 heteroatoms. The minimum absolute atomic E-state index is 0.00473. The number of hydrogen-bond donors (Lipinski definition) is 0. The van der Waals surface area contributed by atoms with Crippen LogP contribution < -0.4 is 4.90 Å². The molecule has 70 heavy (non-hydrogen) atoms. The van der Waals surface area contributed by atoms with Crippen molar-refractivity contribution in [2.75, 3.05) is 4.90 Å². The van der Waals surface area contributed by atoms with E-state index in [9.17, 15) is 0 Å². The van der Waals surface area contributed by atoms with E-state index in [1.54, 1.807) is 0 Å². The van der Waals surface area contributed by atoms with Crippen LogP contribution in [0.4, 0.5) is 17.1 Å². The number of rotatable bonds is 6. The highest BCUT2D eigenvalue weighted by atomic mass is 15.1. The predicted molar refractivity (Wildman–Crippen MR) is 305 cm³/mol. The summed E-state index contributed by atoms with van der Waals surface area (Å²) in [5.74, 6) is 0. The van der Waals surface area contributed by atoms with Crippen LogP contribution in [0.2, 0.25) is 0 Å². The van der Waals surface area contributed by atoms with Gasteiger partial charge in [0.2, 0.25) is 0 Å². The van der Waals surface area contributed by atoms with Gasteiger partial charge in [0, 0.05) is 32.8 Å². The minimum atomic E-state index is -0.0311. The molecule has 0 saturated carbocycles. The van der Waals surface area contributed by atoms with E-state index in [1.165, 1.54) is 104 Å². The van der Waals surface area contributed by atoms with Crippen LogP contribution in [0.3, 0.4) is 0 Å². The summed E-state index contributed by atoms with van der Waals surface area (Å²) in [5.41, 5.74) is 17.2. The summed E-state index contributed by atoms with van der Waals surface area (Å²) in [7, 11) is 0. The molecule has 0 saturated heterocycles. The molecule has 348 valence electrons. The molecule has 1 heterocycles. The topological polar surface area (TPSA) is 8.17 Å². The monoisotopic (exact) mass is 911 g/mol. The van der Waals surface area contributed by atoms with Gasteiger partial charge in [-0.15, -0.1) is 0 Å². The molecule has 11 aromatic rings. The van der Waals surface area contributed by atoms with Gasteiger partial charge in [-0.2, -0.15) is 0 Å². The van der Waals surface area contributed by atoms with Gasteiger partial charge in [0.05, 0.1) is 28.1 Å². The Bertz CT molecular complexity index is 3690. The van der Waals surface area contributed by atoms with Crippen LogP contribution in [0.25, 0.3) is 82.1 Å². The minimum Gasteiger partial charge on any atom is -0.309 e. The van der Waals surface area contributed by atoms with Gasteiger partial charge in [0.25, 0.3) is 0 Å². The Morgan fingerprint density at radius 2 is 0.800 bits per heavy atom. The molecule has 1 aromatic heterocycles. The van der Waals surface area contributed by atoms with E-state index in [-0.39, 0.29) is 21.7 Å². The zero-order valence-corrected chi connectivity index (χ0v) is 43.2. The van der Waals surface area contributed by atoms with Crippen molar-refractivity contribution < 1.29 is 0 Å². The third kappa shape index (κ3) is 7.73. The van der Waals surface area contributed by atoms with E-state index in [0.717, 1.165) is 17.1 Å². The Morgan fingerprint density at radius 3 is 1.37 bits per heavy atom. The number of hydrogen-bond acceptors (Lipinski definition) is 1. The predicted octanol–water partition coefficient (Wildman–Crippen LogP) is 19.7. The van der Waals surface area contributed by atoms with Crippen LogP contribution in [-0.4, -0.2) is 4.57 Å². The number of aromatic nitrogens is 1. The molecule has 11 rings (SSSR count).